The smallest absolute Gasteiger partial charge is 0.344 e. The van der Waals surface area contributed by atoms with Gasteiger partial charge in [0, 0.05) is 11.7 Å². The highest BCUT2D eigenvalue weighted by Gasteiger charge is 2.30. The van der Waals surface area contributed by atoms with Crippen LogP contribution in [0.15, 0.2) is 42.5 Å². The number of hydrogen-bond donors (Lipinski definition) is 0. The van der Waals surface area contributed by atoms with Crippen LogP contribution in [-0.2, 0) is 33.6 Å². The molecule has 1 heterocycles. The van der Waals surface area contributed by atoms with Gasteiger partial charge in [-0.3, -0.25) is 4.79 Å². The van der Waals surface area contributed by atoms with Crippen LogP contribution in [0.2, 0.25) is 0 Å². The van der Waals surface area contributed by atoms with Gasteiger partial charge in [0.1, 0.15) is 5.75 Å². The third-order valence-corrected chi connectivity index (χ3v) is 5.26. The average molecular weight is 365 g/mol. The van der Waals surface area contributed by atoms with E-state index in [9.17, 15) is 9.59 Å². The Bertz CT molecular complexity index is 876. The van der Waals surface area contributed by atoms with E-state index < -0.39 is 5.97 Å². The van der Waals surface area contributed by atoms with Crippen molar-refractivity contribution in [3.05, 3.63) is 59.2 Å². The first-order chi connectivity index (χ1) is 13.1. The summed E-state index contributed by atoms with van der Waals surface area (Å²) < 4.78 is 10.7. The van der Waals surface area contributed by atoms with Gasteiger partial charge >= 0.3 is 5.97 Å². The van der Waals surface area contributed by atoms with E-state index in [4.69, 9.17) is 9.47 Å². The molecule has 2 aliphatic rings. The largest absolute Gasteiger partial charge is 0.482 e. The number of esters is 1. The fraction of sp³-hybridized carbons (Fsp3) is 0.364. The molecule has 0 saturated carbocycles. The molecule has 4 rings (SSSR count). The summed E-state index contributed by atoms with van der Waals surface area (Å²) in [6.45, 7) is 1.53. The summed E-state index contributed by atoms with van der Waals surface area (Å²) in [5.74, 6) is -0.0802. The van der Waals surface area contributed by atoms with E-state index >= 15 is 0 Å². The summed E-state index contributed by atoms with van der Waals surface area (Å²) in [5, 5.41) is 0. The van der Waals surface area contributed by atoms with Gasteiger partial charge in [0.15, 0.2) is 13.2 Å². The number of benzene rings is 2. The second-order valence-corrected chi connectivity index (χ2v) is 7.18. The quantitative estimate of drug-likeness (QED) is 0.764. The summed E-state index contributed by atoms with van der Waals surface area (Å²) in [6, 6.07) is 13.8. The molecule has 2 aromatic carbocycles. The molecule has 1 atom stereocenters. The molecular weight excluding hydrogens is 342 g/mol. The zero-order chi connectivity index (χ0) is 18.8. The van der Waals surface area contributed by atoms with Gasteiger partial charge in [-0.05, 0) is 67.5 Å². The maximum absolute atomic E-state index is 12.5. The molecule has 0 unspecified atom stereocenters. The predicted molar refractivity (Wildman–Crippen MR) is 102 cm³/mol. The maximum atomic E-state index is 12.5. The Morgan fingerprint density at radius 3 is 2.74 bits per heavy atom. The second kappa shape index (κ2) is 7.43. The number of amides is 1. The molecule has 0 spiro atoms. The molecule has 5 heteroatoms. The number of fused-ring (bicyclic) bond motifs is 2. The highest BCUT2D eigenvalue weighted by Crippen LogP contribution is 2.31. The normalized spacial score (nSPS) is 17.4. The number of carbonyl (C=O) groups excluding carboxylic acids is 2. The van der Waals surface area contributed by atoms with E-state index in [2.05, 4.69) is 6.07 Å². The minimum atomic E-state index is -0.538. The van der Waals surface area contributed by atoms with Gasteiger partial charge in [0.2, 0.25) is 0 Å². The van der Waals surface area contributed by atoms with Gasteiger partial charge < -0.3 is 14.4 Å². The predicted octanol–water partition coefficient (Wildman–Crippen LogP) is 3.08. The van der Waals surface area contributed by atoms with Gasteiger partial charge in [-0.25, -0.2) is 4.79 Å². The molecule has 5 nitrogen and oxygen atoms in total. The molecule has 0 radical (unpaired) electrons. The number of para-hydroxylation sites is 1. The van der Waals surface area contributed by atoms with Gasteiger partial charge in [-0.15, -0.1) is 0 Å². The first-order valence-corrected chi connectivity index (χ1v) is 9.42. The fourth-order valence-corrected chi connectivity index (χ4v) is 3.98. The van der Waals surface area contributed by atoms with Crippen molar-refractivity contribution < 1.29 is 19.1 Å². The summed E-state index contributed by atoms with van der Waals surface area (Å²) in [4.78, 5) is 26.2. The molecule has 140 valence electrons. The van der Waals surface area contributed by atoms with Crippen molar-refractivity contribution in [3.63, 3.8) is 0 Å². The van der Waals surface area contributed by atoms with E-state index in [1.807, 2.05) is 43.3 Å². The standard InChI is InChI=1S/C22H23NO4/c1-15-11-18-5-2-3-8-20(18)23(15)21(24)13-27-22(25)14-26-19-10-9-16-6-4-7-17(16)12-19/h2-3,5,8-10,12,15H,4,6-7,11,13-14H2,1H3/t15-/m0/s1. The van der Waals surface area contributed by atoms with Gasteiger partial charge in [0.25, 0.3) is 5.91 Å². The Hall–Kier alpha value is -2.82. The lowest BCUT2D eigenvalue weighted by atomic mass is 10.1. The Kier molecular flexibility index (Phi) is 4.84. The lowest BCUT2D eigenvalue weighted by molar-refractivity contribution is -0.149. The topological polar surface area (TPSA) is 55.8 Å². The molecular formula is C22H23NO4. The van der Waals surface area contributed by atoms with Crippen molar-refractivity contribution in [1.82, 2.24) is 0 Å². The molecule has 0 bridgehead atoms. The number of nitrogens with zero attached hydrogens (tertiary/aromatic N) is 1. The number of ether oxygens (including phenoxy) is 2. The van der Waals surface area contributed by atoms with Crippen LogP contribution in [0.25, 0.3) is 0 Å². The van der Waals surface area contributed by atoms with Crippen LogP contribution in [0.4, 0.5) is 5.69 Å². The van der Waals surface area contributed by atoms with Crippen LogP contribution in [0, 0.1) is 0 Å². The number of anilines is 1. The molecule has 0 fully saturated rings. The first kappa shape index (κ1) is 17.6. The number of rotatable bonds is 5. The van der Waals surface area contributed by atoms with Crippen LogP contribution >= 0.6 is 0 Å². The fourth-order valence-electron chi connectivity index (χ4n) is 3.98. The summed E-state index contributed by atoms with van der Waals surface area (Å²) in [6.07, 6.45) is 4.15. The molecule has 27 heavy (non-hydrogen) atoms. The van der Waals surface area contributed by atoms with Crippen LogP contribution in [0.3, 0.4) is 0 Å². The monoisotopic (exact) mass is 365 g/mol. The van der Waals surface area contributed by atoms with Crippen molar-refractivity contribution >= 4 is 17.6 Å². The van der Waals surface area contributed by atoms with Crippen LogP contribution in [0.1, 0.15) is 30.0 Å². The van der Waals surface area contributed by atoms with E-state index in [1.165, 1.54) is 17.5 Å². The number of hydrogen-bond acceptors (Lipinski definition) is 4. The van der Waals surface area contributed by atoms with E-state index in [-0.39, 0.29) is 25.2 Å². The van der Waals surface area contributed by atoms with Crippen LogP contribution < -0.4 is 9.64 Å². The number of carbonyl (C=O) groups is 2. The lowest BCUT2D eigenvalue weighted by Gasteiger charge is -2.22. The van der Waals surface area contributed by atoms with E-state index in [0.717, 1.165) is 30.5 Å². The molecule has 0 saturated heterocycles. The zero-order valence-electron chi connectivity index (χ0n) is 15.4. The van der Waals surface area contributed by atoms with Crippen LogP contribution in [0.5, 0.6) is 5.75 Å². The zero-order valence-corrected chi connectivity index (χ0v) is 15.4. The Morgan fingerprint density at radius 1 is 1.04 bits per heavy atom. The van der Waals surface area contributed by atoms with Crippen LogP contribution in [-0.4, -0.2) is 31.1 Å². The van der Waals surface area contributed by atoms with Crippen molar-refractivity contribution in [1.29, 1.82) is 0 Å². The highest BCUT2D eigenvalue weighted by molar-refractivity contribution is 5.97. The van der Waals surface area contributed by atoms with Gasteiger partial charge in [-0.2, -0.15) is 0 Å². The highest BCUT2D eigenvalue weighted by atomic mass is 16.6. The second-order valence-electron chi connectivity index (χ2n) is 7.18. The molecule has 0 aromatic heterocycles. The maximum Gasteiger partial charge on any atom is 0.344 e. The Balaban J connectivity index is 1.29. The summed E-state index contributed by atoms with van der Waals surface area (Å²) in [7, 11) is 0. The van der Waals surface area contributed by atoms with Gasteiger partial charge in [0.05, 0.1) is 0 Å². The molecule has 1 aliphatic carbocycles. The SMILES string of the molecule is C[C@H]1Cc2ccccc2N1C(=O)COC(=O)COc1ccc2c(c1)CCC2. The van der Waals surface area contributed by atoms with Gasteiger partial charge in [-0.1, -0.05) is 24.3 Å². The molecule has 0 N–H and O–H groups in total. The molecule has 2 aromatic rings. The Labute approximate surface area is 158 Å². The minimum absolute atomic E-state index is 0.0660. The summed E-state index contributed by atoms with van der Waals surface area (Å²) >= 11 is 0. The summed E-state index contributed by atoms with van der Waals surface area (Å²) in [5.41, 5.74) is 4.69. The van der Waals surface area contributed by atoms with Crippen molar-refractivity contribution in [2.24, 2.45) is 0 Å². The van der Waals surface area contributed by atoms with Crippen molar-refractivity contribution in [3.8, 4) is 5.75 Å². The van der Waals surface area contributed by atoms with E-state index in [1.54, 1.807) is 4.90 Å². The molecule has 1 amide bonds. The number of aryl methyl sites for hydroxylation is 2. The third kappa shape index (κ3) is 3.68. The lowest BCUT2D eigenvalue weighted by Crippen LogP contribution is -2.39. The third-order valence-electron chi connectivity index (χ3n) is 5.26. The average Bonchev–Trinajstić information content (AvgIpc) is 3.27. The van der Waals surface area contributed by atoms with Crippen molar-refractivity contribution in [2.45, 2.75) is 38.6 Å². The van der Waals surface area contributed by atoms with E-state index in [0.29, 0.717) is 5.75 Å². The first-order valence-electron chi connectivity index (χ1n) is 9.42. The Morgan fingerprint density at radius 2 is 1.85 bits per heavy atom. The van der Waals surface area contributed by atoms with Crippen molar-refractivity contribution in [2.75, 3.05) is 18.1 Å². The minimum Gasteiger partial charge on any atom is -0.482 e. The molecule has 1 aliphatic heterocycles.